The van der Waals surface area contributed by atoms with Crippen molar-refractivity contribution in [2.45, 2.75) is 19.8 Å². The summed E-state index contributed by atoms with van der Waals surface area (Å²) >= 11 is 0. The van der Waals surface area contributed by atoms with E-state index in [1.54, 1.807) is 0 Å². The van der Waals surface area contributed by atoms with E-state index in [2.05, 4.69) is 0 Å². The monoisotopic (exact) mass is 242 g/mol. The number of benzene rings is 1. The smallest absolute Gasteiger partial charge is 0.200 e. The summed E-state index contributed by atoms with van der Waals surface area (Å²) in [7, 11) is 1.00. The molecule has 0 fully saturated rings. The van der Waals surface area contributed by atoms with Crippen LogP contribution in [-0.4, -0.2) is 12.2 Å². The second-order valence-electron chi connectivity index (χ2n) is 3.14. The zero-order chi connectivity index (χ0) is 13.0. The molecular formula is C10H11F5O. The first-order valence-electron chi connectivity index (χ1n) is 4.34. The molecule has 92 valence electrons. The average molecular weight is 242 g/mol. The van der Waals surface area contributed by atoms with Gasteiger partial charge in [0.1, 0.15) is 0 Å². The summed E-state index contributed by atoms with van der Waals surface area (Å²) < 4.78 is 63.6. The molecule has 1 aromatic carbocycles. The molecule has 0 heterocycles. The highest BCUT2D eigenvalue weighted by Crippen LogP contribution is 2.28. The Morgan fingerprint density at radius 2 is 0.938 bits per heavy atom. The SMILES string of the molecule is CC(C)c1c(F)c(F)c(F)c(F)c1F.CO. The van der Waals surface area contributed by atoms with Gasteiger partial charge in [-0.25, -0.2) is 22.0 Å². The molecule has 0 radical (unpaired) electrons. The summed E-state index contributed by atoms with van der Waals surface area (Å²) in [5.74, 6) is -10.2. The Bertz CT molecular complexity index is 347. The first-order chi connectivity index (χ1) is 7.37. The van der Waals surface area contributed by atoms with Gasteiger partial charge in [0.05, 0.1) is 0 Å². The van der Waals surface area contributed by atoms with E-state index in [1.165, 1.54) is 13.8 Å². The summed E-state index contributed by atoms with van der Waals surface area (Å²) in [5, 5.41) is 7.00. The van der Waals surface area contributed by atoms with E-state index in [4.69, 9.17) is 5.11 Å². The third-order valence-electron chi connectivity index (χ3n) is 1.82. The lowest BCUT2D eigenvalue weighted by Gasteiger charge is -2.10. The van der Waals surface area contributed by atoms with Gasteiger partial charge in [0.15, 0.2) is 23.3 Å². The van der Waals surface area contributed by atoms with Crippen LogP contribution in [0.25, 0.3) is 0 Å². The first-order valence-corrected chi connectivity index (χ1v) is 4.34. The zero-order valence-corrected chi connectivity index (χ0v) is 8.91. The maximum absolute atomic E-state index is 12.9. The van der Waals surface area contributed by atoms with Gasteiger partial charge in [0.2, 0.25) is 5.82 Å². The summed E-state index contributed by atoms with van der Waals surface area (Å²) in [4.78, 5) is 0. The molecule has 1 N–H and O–H groups in total. The highest BCUT2D eigenvalue weighted by Gasteiger charge is 2.26. The van der Waals surface area contributed by atoms with Crippen molar-refractivity contribution in [2.24, 2.45) is 0 Å². The van der Waals surface area contributed by atoms with Gasteiger partial charge in [0, 0.05) is 12.7 Å². The number of hydrogen-bond donors (Lipinski definition) is 1. The Morgan fingerprint density at radius 3 is 1.19 bits per heavy atom. The van der Waals surface area contributed by atoms with Crippen LogP contribution in [0.15, 0.2) is 0 Å². The van der Waals surface area contributed by atoms with Gasteiger partial charge < -0.3 is 5.11 Å². The van der Waals surface area contributed by atoms with Crippen LogP contribution in [0.3, 0.4) is 0 Å². The van der Waals surface area contributed by atoms with Crippen LogP contribution in [0.1, 0.15) is 25.3 Å². The fraction of sp³-hybridized carbons (Fsp3) is 0.400. The van der Waals surface area contributed by atoms with E-state index in [0.29, 0.717) is 0 Å². The highest BCUT2D eigenvalue weighted by molar-refractivity contribution is 5.26. The summed E-state index contributed by atoms with van der Waals surface area (Å²) in [6, 6.07) is 0. The third kappa shape index (κ3) is 2.49. The Morgan fingerprint density at radius 1 is 0.688 bits per heavy atom. The fourth-order valence-corrected chi connectivity index (χ4v) is 1.13. The van der Waals surface area contributed by atoms with E-state index in [9.17, 15) is 22.0 Å². The van der Waals surface area contributed by atoms with E-state index in [-0.39, 0.29) is 0 Å². The van der Waals surface area contributed by atoms with Gasteiger partial charge in [-0.1, -0.05) is 13.8 Å². The minimum Gasteiger partial charge on any atom is -0.400 e. The predicted molar refractivity (Wildman–Crippen MR) is 48.5 cm³/mol. The predicted octanol–water partition coefficient (Wildman–Crippen LogP) is 3.11. The molecule has 0 unspecified atom stereocenters. The van der Waals surface area contributed by atoms with Crippen LogP contribution >= 0.6 is 0 Å². The summed E-state index contributed by atoms with van der Waals surface area (Å²) in [5.41, 5.74) is -0.776. The molecule has 0 aromatic heterocycles. The molecule has 1 aromatic rings. The number of aliphatic hydroxyl groups excluding tert-OH is 1. The second kappa shape index (κ2) is 5.79. The molecule has 0 amide bonds. The molecule has 0 spiro atoms. The normalized spacial score (nSPS) is 10.1. The lowest BCUT2D eigenvalue weighted by atomic mass is 10.0. The molecule has 0 bridgehead atoms. The van der Waals surface area contributed by atoms with Crippen LogP contribution in [0.5, 0.6) is 0 Å². The molecule has 0 saturated carbocycles. The van der Waals surface area contributed by atoms with Gasteiger partial charge in [0.25, 0.3) is 0 Å². The number of aliphatic hydroxyl groups is 1. The number of hydrogen-bond acceptors (Lipinski definition) is 1. The molecule has 0 saturated heterocycles. The Hall–Kier alpha value is -1.17. The Kier molecular flexibility index (Phi) is 5.37. The molecule has 0 aliphatic heterocycles. The van der Waals surface area contributed by atoms with Crippen molar-refractivity contribution in [3.8, 4) is 0 Å². The average Bonchev–Trinajstić information content (AvgIpc) is 2.26. The number of halogens is 5. The lowest BCUT2D eigenvalue weighted by Crippen LogP contribution is -2.08. The van der Waals surface area contributed by atoms with Gasteiger partial charge in [-0.15, -0.1) is 0 Å². The molecule has 0 aliphatic rings. The lowest BCUT2D eigenvalue weighted by molar-refractivity contribution is 0.366. The van der Waals surface area contributed by atoms with Crippen molar-refractivity contribution < 1.29 is 27.1 Å². The Labute approximate surface area is 89.5 Å². The largest absolute Gasteiger partial charge is 0.400 e. The molecular weight excluding hydrogens is 231 g/mol. The van der Waals surface area contributed by atoms with Crippen molar-refractivity contribution in [2.75, 3.05) is 7.11 Å². The van der Waals surface area contributed by atoms with Crippen LogP contribution < -0.4 is 0 Å². The quantitative estimate of drug-likeness (QED) is 0.455. The summed E-state index contributed by atoms with van der Waals surface area (Å²) in [6.45, 7) is 2.69. The number of rotatable bonds is 1. The van der Waals surface area contributed by atoms with Crippen LogP contribution in [0, 0.1) is 29.1 Å². The van der Waals surface area contributed by atoms with Crippen LogP contribution in [0.4, 0.5) is 22.0 Å². The van der Waals surface area contributed by atoms with Gasteiger partial charge in [-0.3, -0.25) is 0 Å². The van der Waals surface area contributed by atoms with E-state index in [1.807, 2.05) is 0 Å². The zero-order valence-electron chi connectivity index (χ0n) is 8.91. The minimum atomic E-state index is -2.12. The van der Waals surface area contributed by atoms with Crippen molar-refractivity contribution in [1.29, 1.82) is 0 Å². The molecule has 16 heavy (non-hydrogen) atoms. The standard InChI is InChI=1S/C9H7F5.CH4O/c1-3(2)4-5(10)7(12)9(14)8(13)6(4)11;1-2/h3H,1-2H3;2H,1H3. The van der Waals surface area contributed by atoms with E-state index in [0.717, 1.165) is 7.11 Å². The van der Waals surface area contributed by atoms with Crippen molar-refractivity contribution in [3.63, 3.8) is 0 Å². The second-order valence-corrected chi connectivity index (χ2v) is 3.14. The third-order valence-corrected chi connectivity index (χ3v) is 1.82. The maximum Gasteiger partial charge on any atom is 0.200 e. The highest BCUT2D eigenvalue weighted by atomic mass is 19.2. The van der Waals surface area contributed by atoms with Gasteiger partial charge in [-0.05, 0) is 5.92 Å². The molecule has 0 atom stereocenters. The van der Waals surface area contributed by atoms with E-state index < -0.39 is 40.6 Å². The topological polar surface area (TPSA) is 20.2 Å². The van der Waals surface area contributed by atoms with Crippen LogP contribution in [-0.2, 0) is 0 Å². The van der Waals surface area contributed by atoms with Crippen LogP contribution in [0.2, 0.25) is 0 Å². The molecule has 6 heteroatoms. The molecule has 1 nitrogen and oxygen atoms in total. The van der Waals surface area contributed by atoms with Crippen molar-refractivity contribution in [1.82, 2.24) is 0 Å². The Balaban J connectivity index is 0.00000106. The van der Waals surface area contributed by atoms with Crippen molar-refractivity contribution in [3.05, 3.63) is 34.6 Å². The molecule has 0 aliphatic carbocycles. The van der Waals surface area contributed by atoms with E-state index >= 15 is 0 Å². The minimum absolute atomic E-state index is 0.764. The first kappa shape index (κ1) is 14.8. The van der Waals surface area contributed by atoms with Gasteiger partial charge >= 0.3 is 0 Å². The summed E-state index contributed by atoms with van der Waals surface area (Å²) in [6.07, 6.45) is 0. The van der Waals surface area contributed by atoms with Crippen molar-refractivity contribution >= 4 is 0 Å². The van der Waals surface area contributed by atoms with Gasteiger partial charge in [-0.2, -0.15) is 0 Å². The molecule has 1 rings (SSSR count). The fourth-order valence-electron chi connectivity index (χ4n) is 1.13. The maximum atomic E-state index is 12.9.